The van der Waals surface area contributed by atoms with Gasteiger partial charge in [0, 0.05) is 12.6 Å². The summed E-state index contributed by atoms with van der Waals surface area (Å²) >= 11 is 0. The Balaban J connectivity index is 1.95. The van der Waals surface area contributed by atoms with Gasteiger partial charge in [0.15, 0.2) is 0 Å². The number of nitrogens with zero attached hydrogens (tertiary/aromatic N) is 1. The Morgan fingerprint density at radius 3 is 2.95 bits per heavy atom. The smallest absolute Gasteiger partial charge is 0.0512 e. The molecule has 1 fully saturated rings. The van der Waals surface area contributed by atoms with Gasteiger partial charge in [-0.25, -0.2) is 0 Å². The van der Waals surface area contributed by atoms with Crippen molar-refractivity contribution in [2.45, 2.75) is 64.6 Å². The number of likely N-dealkylation sites (tertiary alicyclic amines) is 1. The lowest BCUT2D eigenvalue weighted by Gasteiger charge is -2.36. The third-order valence-electron chi connectivity index (χ3n) is 4.13. The molecular formula is C17H27NO. The van der Waals surface area contributed by atoms with Crippen LogP contribution in [0.15, 0.2) is 24.3 Å². The van der Waals surface area contributed by atoms with E-state index in [1.54, 1.807) is 0 Å². The van der Waals surface area contributed by atoms with Crippen LogP contribution in [0.4, 0.5) is 0 Å². The first kappa shape index (κ1) is 14.5. The largest absolute Gasteiger partial charge is 0.393 e. The third-order valence-corrected chi connectivity index (χ3v) is 4.13. The molecule has 106 valence electrons. The summed E-state index contributed by atoms with van der Waals surface area (Å²) in [5.74, 6) is 0. The number of piperidine rings is 1. The molecule has 1 aliphatic heterocycles. The summed E-state index contributed by atoms with van der Waals surface area (Å²) in [6.07, 6.45) is 5.84. The van der Waals surface area contributed by atoms with E-state index in [9.17, 15) is 5.11 Å². The average molecular weight is 261 g/mol. The van der Waals surface area contributed by atoms with Gasteiger partial charge in [-0.1, -0.05) is 36.2 Å². The molecule has 1 saturated heterocycles. The van der Waals surface area contributed by atoms with Crippen LogP contribution in [0.3, 0.4) is 0 Å². The van der Waals surface area contributed by atoms with E-state index in [0.29, 0.717) is 6.04 Å². The second-order valence-electron chi connectivity index (χ2n) is 6.04. The molecule has 2 rings (SSSR count). The maximum absolute atomic E-state index is 9.48. The SMILES string of the molecule is Cc1cccc(CN2CCCCC2CCC(C)O)c1. The second-order valence-corrected chi connectivity index (χ2v) is 6.04. The first-order valence-corrected chi connectivity index (χ1v) is 7.63. The Bertz CT molecular complexity index is 389. The van der Waals surface area contributed by atoms with Crippen LogP contribution in [0.2, 0.25) is 0 Å². The summed E-state index contributed by atoms with van der Waals surface area (Å²) in [7, 11) is 0. The molecule has 1 aromatic rings. The van der Waals surface area contributed by atoms with Gasteiger partial charge in [-0.05, 0) is 51.6 Å². The topological polar surface area (TPSA) is 23.5 Å². The van der Waals surface area contributed by atoms with Crippen LogP contribution in [0, 0.1) is 6.92 Å². The summed E-state index contributed by atoms with van der Waals surface area (Å²) < 4.78 is 0. The van der Waals surface area contributed by atoms with E-state index in [0.717, 1.165) is 19.4 Å². The maximum atomic E-state index is 9.48. The van der Waals surface area contributed by atoms with Gasteiger partial charge in [0.05, 0.1) is 6.10 Å². The van der Waals surface area contributed by atoms with Crippen molar-refractivity contribution in [1.29, 1.82) is 0 Å². The van der Waals surface area contributed by atoms with Crippen LogP contribution in [-0.2, 0) is 6.54 Å². The van der Waals surface area contributed by atoms with Crippen LogP contribution in [0.1, 0.15) is 50.2 Å². The number of benzene rings is 1. The minimum Gasteiger partial charge on any atom is -0.393 e. The zero-order chi connectivity index (χ0) is 13.7. The molecule has 2 unspecified atom stereocenters. The van der Waals surface area contributed by atoms with Crippen LogP contribution in [0.5, 0.6) is 0 Å². The van der Waals surface area contributed by atoms with E-state index in [-0.39, 0.29) is 6.10 Å². The molecule has 0 aliphatic carbocycles. The maximum Gasteiger partial charge on any atom is 0.0512 e. The lowest BCUT2D eigenvalue weighted by molar-refractivity contribution is 0.108. The standard InChI is InChI=1S/C17H27NO/c1-14-6-5-7-16(12-14)13-18-11-4-3-8-17(18)10-9-15(2)19/h5-7,12,15,17,19H,3-4,8-11,13H2,1-2H3. The highest BCUT2D eigenvalue weighted by molar-refractivity contribution is 5.22. The van der Waals surface area contributed by atoms with Crippen molar-refractivity contribution in [2.75, 3.05) is 6.54 Å². The van der Waals surface area contributed by atoms with Crippen molar-refractivity contribution < 1.29 is 5.11 Å². The molecule has 0 saturated carbocycles. The zero-order valence-corrected chi connectivity index (χ0v) is 12.3. The fourth-order valence-electron chi connectivity index (χ4n) is 3.07. The fourth-order valence-corrected chi connectivity index (χ4v) is 3.07. The van der Waals surface area contributed by atoms with E-state index < -0.39 is 0 Å². The second kappa shape index (κ2) is 7.06. The van der Waals surface area contributed by atoms with Crippen molar-refractivity contribution in [3.63, 3.8) is 0 Å². The number of aliphatic hydroxyl groups is 1. The molecule has 2 heteroatoms. The minimum atomic E-state index is -0.164. The Hall–Kier alpha value is -0.860. The monoisotopic (exact) mass is 261 g/mol. The predicted molar refractivity (Wildman–Crippen MR) is 80.1 cm³/mol. The molecule has 0 aromatic heterocycles. The number of aliphatic hydroxyl groups excluding tert-OH is 1. The molecule has 0 amide bonds. The number of rotatable bonds is 5. The molecule has 19 heavy (non-hydrogen) atoms. The lowest BCUT2D eigenvalue weighted by atomic mass is 9.96. The van der Waals surface area contributed by atoms with Crippen molar-refractivity contribution >= 4 is 0 Å². The highest BCUT2D eigenvalue weighted by Crippen LogP contribution is 2.23. The molecule has 1 heterocycles. The van der Waals surface area contributed by atoms with E-state index in [1.807, 2.05) is 6.92 Å². The van der Waals surface area contributed by atoms with Gasteiger partial charge in [0.25, 0.3) is 0 Å². The minimum absolute atomic E-state index is 0.164. The normalized spacial score (nSPS) is 22.4. The van der Waals surface area contributed by atoms with Crippen LogP contribution in [-0.4, -0.2) is 28.7 Å². The molecule has 0 bridgehead atoms. The van der Waals surface area contributed by atoms with Crippen LogP contribution >= 0.6 is 0 Å². The fraction of sp³-hybridized carbons (Fsp3) is 0.647. The van der Waals surface area contributed by atoms with Gasteiger partial charge in [0.1, 0.15) is 0 Å². The van der Waals surface area contributed by atoms with Gasteiger partial charge in [-0.2, -0.15) is 0 Å². The summed E-state index contributed by atoms with van der Waals surface area (Å²) in [6.45, 7) is 6.32. The highest BCUT2D eigenvalue weighted by Gasteiger charge is 2.22. The van der Waals surface area contributed by atoms with Crippen molar-refractivity contribution in [2.24, 2.45) is 0 Å². The Morgan fingerprint density at radius 1 is 1.37 bits per heavy atom. The number of hydrogen-bond donors (Lipinski definition) is 1. The Morgan fingerprint density at radius 2 is 2.21 bits per heavy atom. The lowest BCUT2D eigenvalue weighted by Crippen LogP contribution is -2.39. The van der Waals surface area contributed by atoms with Gasteiger partial charge in [-0.15, -0.1) is 0 Å². The average Bonchev–Trinajstić information content (AvgIpc) is 2.38. The van der Waals surface area contributed by atoms with E-state index in [4.69, 9.17) is 0 Å². The zero-order valence-electron chi connectivity index (χ0n) is 12.3. The summed E-state index contributed by atoms with van der Waals surface area (Å²) in [5, 5.41) is 9.48. The molecule has 0 spiro atoms. The van der Waals surface area contributed by atoms with Gasteiger partial charge >= 0.3 is 0 Å². The first-order chi connectivity index (χ1) is 9.15. The first-order valence-electron chi connectivity index (χ1n) is 7.63. The van der Waals surface area contributed by atoms with Gasteiger partial charge in [0.2, 0.25) is 0 Å². The van der Waals surface area contributed by atoms with E-state index in [1.165, 1.54) is 36.9 Å². The molecule has 1 aliphatic rings. The van der Waals surface area contributed by atoms with Crippen molar-refractivity contribution in [3.05, 3.63) is 35.4 Å². The summed E-state index contributed by atoms with van der Waals surface area (Å²) in [4.78, 5) is 2.61. The molecule has 1 aromatic carbocycles. The molecule has 1 N–H and O–H groups in total. The Labute approximate surface area is 117 Å². The molecule has 2 atom stereocenters. The molecular weight excluding hydrogens is 234 g/mol. The summed E-state index contributed by atoms with van der Waals surface area (Å²) in [5.41, 5.74) is 2.76. The van der Waals surface area contributed by atoms with Gasteiger partial charge in [-0.3, -0.25) is 4.90 Å². The third kappa shape index (κ3) is 4.63. The number of aryl methyl sites for hydroxylation is 1. The van der Waals surface area contributed by atoms with E-state index in [2.05, 4.69) is 36.1 Å². The molecule has 2 nitrogen and oxygen atoms in total. The highest BCUT2D eigenvalue weighted by atomic mass is 16.3. The van der Waals surface area contributed by atoms with E-state index >= 15 is 0 Å². The molecule has 0 radical (unpaired) electrons. The van der Waals surface area contributed by atoms with Crippen LogP contribution < -0.4 is 0 Å². The number of hydrogen-bond acceptors (Lipinski definition) is 2. The van der Waals surface area contributed by atoms with Crippen molar-refractivity contribution in [3.8, 4) is 0 Å². The Kier molecular flexibility index (Phi) is 5.41. The van der Waals surface area contributed by atoms with Crippen LogP contribution in [0.25, 0.3) is 0 Å². The van der Waals surface area contributed by atoms with Gasteiger partial charge < -0.3 is 5.11 Å². The summed E-state index contributed by atoms with van der Waals surface area (Å²) in [6, 6.07) is 9.49. The van der Waals surface area contributed by atoms with Crippen molar-refractivity contribution in [1.82, 2.24) is 4.90 Å². The quantitative estimate of drug-likeness (QED) is 0.876. The predicted octanol–water partition coefficient (Wildman–Crippen LogP) is 3.51.